The van der Waals surface area contributed by atoms with Crippen LogP contribution in [0.5, 0.6) is 28.7 Å². The summed E-state index contributed by atoms with van der Waals surface area (Å²) in [5.41, 5.74) is 1.91. The van der Waals surface area contributed by atoms with E-state index in [1.807, 2.05) is 0 Å². The number of ketones is 1. The van der Waals surface area contributed by atoms with E-state index in [1.54, 1.807) is 61.5 Å². The Morgan fingerprint density at radius 3 is 2.41 bits per heavy atom. The number of hydrogen-bond acceptors (Lipinski definition) is 8. The van der Waals surface area contributed by atoms with E-state index in [4.69, 9.17) is 39.7 Å². The highest BCUT2D eigenvalue weighted by atomic mass is 35.5. The van der Waals surface area contributed by atoms with E-state index in [1.165, 1.54) is 21.3 Å². The van der Waals surface area contributed by atoms with Gasteiger partial charge < -0.3 is 28.1 Å². The van der Waals surface area contributed by atoms with Gasteiger partial charge in [0.25, 0.3) is 0 Å². The first-order valence-electron chi connectivity index (χ1n) is 11.1. The molecule has 9 heteroatoms. The molecule has 1 aliphatic rings. The van der Waals surface area contributed by atoms with Gasteiger partial charge in [0.1, 0.15) is 17.1 Å². The molecule has 0 bridgehead atoms. The van der Waals surface area contributed by atoms with Crippen molar-refractivity contribution in [1.82, 2.24) is 0 Å². The smallest absolute Gasteiger partial charge is 0.379 e. The van der Waals surface area contributed by atoms with Crippen molar-refractivity contribution in [3.05, 3.63) is 81.8 Å². The molecule has 0 amide bonds. The van der Waals surface area contributed by atoms with Gasteiger partial charge in [0.05, 0.1) is 26.9 Å². The van der Waals surface area contributed by atoms with Crippen LogP contribution in [0, 0.1) is 6.92 Å². The van der Waals surface area contributed by atoms with Crippen LogP contribution in [0.2, 0.25) is 5.02 Å². The predicted octanol–water partition coefficient (Wildman–Crippen LogP) is 6.26. The molecule has 0 aliphatic carbocycles. The monoisotopic (exact) mass is 520 g/mol. The Labute approximate surface area is 216 Å². The van der Waals surface area contributed by atoms with E-state index < -0.39 is 5.97 Å². The summed E-state index contributed by atoms with van der Waals surface area (Å²) in [7, 11) is 4.51. The molecule has 5 rings (SSSR count). The number of halogens is 1. The molecule has 0 spiro atoms. The second-order valence-electron chi connectivity index (χ2n) is 8.11. The molecule has 4 aromatic rings. The Balaban J connectivity index is 1.44. The third-order valence-electron chi connectivity index (χ3n) is 5.94. The predicted molar refractivity (Wildman–Crippen MR) is 136 cm³/mol. The number of carbonyl (C=O) groups is 2. The lowest BCUT2D eigenvalue weighted by Crippen LogP contribution is -2.08. The van der Waals surface area contributed by atoms with E-state index in [0.717, 1.165) is 0 Å². The van der Waals surface area contributed by atoms with Crippen LogP contribution < -0.4 is 23.7 Å². The number of methoxy groups -OCH3 is 3. The second kappa shape index (κ2) is 9.55. The van der Waals surface area contributed by atoms with Gasteiger partial charge in [-0.2, -0.15) is 0 Å². The van der Waals surface area contributed by atoms with Crippen LogP contribution in [-0.2, 0) is 0 Å². The Bertz CT molecular complexity index is 1600. The molecule has 0 atom stereocenters. The Morgan fingerprint density at radius 2 is 1.68 bits per heavy atom. The van der Waals surface area contributed by atoms with Crippen LogP contribution in [-0.4, -0.2) is 33.1 Å². The van der Waals surface area contributed by atoms with E-state index in [2.05, 4.69) is 0 Å². The zero-order valence-corrected chi connectivity index (χ0v) is 21.1. The molecular formula is C28H21ClO8. The lowest BCUT2D eigenvalue weighted by atomic mass is 10.1. The summed E-state index contributed by atoms with van der Waals surface area (Å²) in [5.74, 6) is 0.903. The molecule has 0 fully saturated rings. The first-order valence-corrected chi connectivity index (χ1v) is 11.5. The number of allylic oxidation sites excluding steroid dienone is 1. The van der Waals surface area contributed by atoms with Crippen LogP contribution in [0.25, 0.3) is 17.0 Å². The van der Waals surface area contributed by atoms with E-state index in [9.17, 15) is 9.59 Å². The van der Waals surface area contributed by atoms with Crippen molar-refractivity contribution in [3.63, 3.8) is 0 Å². The molecule has 37 heavy (non-hydrogen) atoms. The van der Waals surface area contributed by atoms with Gasteiger partial charge in [0.15, 0.2) is 17.3 Å². The molecule has 2 heterocycles. The molecule has 0 radical (unpaired) electrons. The first-order chi connectivity index (χ1) is 17.8. The van der Waals surface area contributed by atoms with Gasteiger partial charge in [-0.25, -0.2) is 4.79 Å². The number of Topliss-reactive ketones (excluding diaryl/α,β-unsaturated/α-hetero) is 1. The van der Waals surface area contributed by atoms with Crippen molar-refractivity contribution in [3.8, 4) is 28.7 Å². The third-order valence-corrected chi connectivity index (χ3v) is 6.18. The van der Waals surface area contributed by atoms with Crippen molar-refractivity contribution in [2.45, 2.75) is 6.92 Å². The zero-order chi connectivity index (χ0) is 26.3. The number of hydrogen-bond donors (Lipinski definition) is 0. The Hall–Kier alpha value is -4.43. The van der Waals surface area contributed by atoms with E-state index in [-0.39, 0.29) is 23.1 Å². The third kappa shape index (κ3) is 4.25. The van der Waals surface area contributed by atoms with Crippen LogP contribution >= 0.6 is 11.6 Å². The van der Waals surface area contributed by atoms with Gasteiger partial charge in [-0.1, -0.05) is 11.6 Å². The van der Waals surface area contributed by atoms with E-state index >= 15 is 0 Å². The summed E-state index contributed by atoms with van der Waals surface area (Å²) in [6.07, 6.45) is 1.56. The highest BCUT2D eigenvalue weighted by Gasteiger charge is 2.31. The first kappa shape index (κ1) is 24.3. The number of rotatable bonds is 6. The molecule has 0 N–H and O–H groups in total. The molecule has 0 unspecified atom stereocenters. The maximum absolute atomic E-state index is 13.1. The SMILES string of the molecule is COc1ccc(/C=C2\Oc3c(ccc(OC(=O)c4cc5cc(Cl)ccc5o4)c3C)C2=O)c(OC)c1OC. The average Bonchev–Trinajstić information content (AvgIpc) is 3.46. The fourth-order valence-corrected chi connectivity index (χ4v) is 4.30. The summed E-state index contributed by atoms with van der Waals surface area (Å²) < 4.78 is 33.3. The summed E-state index contributed by atoms with van der Waals surface area (Å²) in [5, 5.41) is 1.21. The Morgan fingerprint density at radius 1 is 0.919 bits per heavy atom. The van der Waals surface area contributed by atoms with Crippen LogP contribution in [0.4, 0.5) is 0 Å². The number of benzene rings is 3. The van der Waals surface area contributed by atoms with Crippen molar-refractivity contribution in [2.75, 3.05) is 21.3 Å². The van der Waals surface area contributed by atoms with Crippen LogP contribution in [0.15, 0.2) is 58.7 Å². The molecule has 8 nitrogen and oxygen atoms in total. The fraction of sp³-hybridized carbons (Fsp3) is 0.143. The topological polar surface area (TPSA) is 93.4 Å². The molecule has 1 aliphatic heterocycles. The normalized spacial score (nSPS) is 13.4. The lowest BCUT2D eigenvalue weighted by molar-refractivity contribution is 0.0702. The van der Waals surface area contributed by atoms with Gasteiger partial charge in [-0.05, 0) is 61.5 Å². The lowest BCUT2D eigenvalue weighted by Gasteiger charge is -2.14. The highest BCUT2D eigenvalue weighted by molar-refractivity contribution is 6.31. The van der Waals surface area contributed by atoms with Gasteiger partial charge >= 0.3 is 5.97 Å². The summed E-state index contributed by atoms with van der Waals surface area (Å²) >= 11 is 6.01. The van der Waals surface area contributed by atoms with Crippen molar-refractivity contribution >= 4 is 40.4 Å². The van der Waals surface area contributed by atoms with Gasteiger partial charge in [0, 0.05) is 21.5 Å². The molecule has 0 saturated heterocycles. The maximum atomic E-state index is 13.1. The fourth-order valence-electron chi connectivity index (χ4n) is 4.12. The number of ether oxygens (including phenoxy) is 5. The zero-order valence-electron chi connectivity index (χ0n) is 20.3. The van der Waals surface area contributed by atoms with Crippen LogP contribution in [0.3, 0.4) is 0 Å². The second-order valence-corrected chi connectivity index (χ2v) is 8.55. The van der Waals surface area contributed by atoms with Crippen molar-refractivity contribution < 1.29 is 37.7 Å². The minimum Gasteiger partial charge on any atom is -0.493 e. The number of fused-ring (bicyclic) bond motifs is 2. The number of furan rings is 1. The Kier molecular flexibility index (Phi) is 6.27. The maximum Gasteiger partial charge on any atom is 0.379 e. The summed E-state index contributed by atoms with van der Waals surface area (Å²) in [6, 6.07) is 13.1. The minimum atomic E-state index is -0.689. The molecule has 188 valence electrons. The minimum absolute atomic E-state index is 0.0234. The molecule has 1 aromatic heterocycles. The van der Waals surface area contributed by atoms with Gasteiger partial charge in [0.2, 0.25) is 17.3 Å². The number of carbonyl (C=O) groups excluding carboxylic acids is 2. The molecular weight excluding hydrogens is 500 g/mol. The average molecular weight is 521 g/mol. The van der Waals surface area contributed by atoms with Crippen LogP contribution in [0.1, 0.15) is 32.0 Å². The summed E-state index contributed by atoms with van der Waals surface area (Å²) in [6.45, 7) is 1.70. The van der Waals surface area contributed by atoms with Gasteiger partial charge in [-0.15, -0.1) is 0 Å². The van der Waals surface area contributed by atoms with E-state index in [0.29, 0.717) is 55.7 Å². The van der Waals surface area contributed by atoms with Crippen molar-refractivity contribution in [2.24, 2.45) is 0 Å². The molecule has 0 saturated carbocycles. The molecule has 3 aromatic carbocycles. The van der Waals surface area contributed by atoms with Crippen molar-refractivity contribution in [1.29, 1.82) is 0 Å². The standard InChI is InChI=1S/C28H21ClO8/c1-14-19(37-28(31)23-13-16-11-17(29)6-9-20(16)35-23)10-7-18-24(30)22(36-25(14)18)12-15-5-8-21(32-2)27(34-4)26(15)33-3/h5-13H,1-4H3/b22-12-. The number of esters is 1. The quantitative estimate of drug-likeness (QED) is 0.167. The largest absolute Gasteiger partial charge is 0.493 e. The van der Waals surface area contributed by atoms with Gasteiger partial charge in [-0.3, -0.25) is 4.79 Å². The summed E-state index contributed by atoms with van der Waals surface area (Å²) in [4.78, 5) is 25.9. The highest BCUT2D eigenvalue weighted by Crippen LogP contribution is 2.43.